The smallest absolute Gasteiger partial charge is 0.432 e. The number of methoxy groups -OCH3 is 1. The standard InChI is InChI=1S/C7H8ClN5O4/c1-16-4-2-9-6(8)11-5(4)10-3-17-7(14)12-13-15/h2H,3H2,1H3,(H,9,10,11)(H,12,14,15). The lowest BCUT2D eigenvalue weighted by Crippen LogP contribution is -2.21. The third-order valence-electron chi connectivity index (χ3n) is 1.53. The Morgan fingerprint density at radius 1 is 1.65 bits per heavy atom. The van der Waals surface area contributed by atoms with Crippen LogP contribution in [0.1, 0.15) is 0 Å². The van der Waals surface area contributed by atoms with Gasteiger partial charge in [-0.3, -0.25) is 0 Å². The summed E-state index contributed by atoms with van der Waals surface area (Å²) in [7, 11) is 1.42. The van der Waals surface area contributed by atoms with E-state index in [1.807, 2.05) is 0 Å². The molecule has 0 saturated heterocycles. The zero-order valence-corrected chi connectivity index (χ0v) is 9.39. The summed E-state index contributed by atoms with van der Waals surface area (Å²) < 4.78 is 9.45. The van der Waals surface area contributed by atoms with Crippen molar-refractivity contribution in [2.45, 2.75) is 0 Å². The molecular weight excluding hydrogens is 254 g/mol. The maximum atomic E-state index is 10.7. The third kappa shape index (κ3) is 4.07. The van der Waals surface area contributed by atoms with Crippen molar-refractivity contribution in [2.24, 2.45) is 5.29 Å². The molecule has 92 valence electrons. The Morgan fingerprint density at radius 2 is 2.41 bits per heavy atom. The monoisotopic (exact) mass is 261 g/mol. The average molecular weight is 262 g/mol. The topological polar surface area (TPSA) is 115 Å². The van der Waals surface area contributed by atoms with E-state index in [9.17, 15) is 9.70 Å². The molecule has 17 heavy (non-hydrogen) atoms. The van der Waals surface area contributed by atoms with Gasteiger partial charge in [0, 0.05) is 0 Å². The van der Waals surface area contributed by atoms with Crippen LogP contribution in [0.2, 0.25) is 5.28 Å². The van der Waals surface area contributed by atoms with Gasteiger partial charge in [-0.05, 0) is 11.6 Å². The molecule has 0 atom stereocenters. The zero-order valence-electron chi connectivity index (χ0n) is 8.64. The van der Waals surface area contributed by atoms with Gasteiger partial charge in [0.2, 0.25) is 5.28 Å². The van der Waals surface area contributed by atoms with E-state index < -0.39 is 6.09 Å². The summed E-state index contributed by atoms with van der Waals surface area (Å²) in [6.45, 7) is -0.245. The lowest BCUT2D eigenvalue weighted by molar-refractivity contribution is 0.154. The molecular formula is C7H8ClN5O4. The summed E-state index contributed by atoms with van der Waals surface area (Å²) >= 11 is 5.57. The number of carbonyl (C=O) groups is 1. The first-order valence-corrected chi connectivity index (χ1v) is 4.60. The van der Waals surface area contributed by atoms with Crippen molar-refractivity contribution in [3.8, 4) is 5.75 Å². The Bertz CT molecular complexity index is 415. The zero-order chi connectivity index (χ0) is 12.7. The molecule has 0 radical (unpaired) electrons. The van der Waals surface area contributed by atoms with E-state index >= 15 is 0 Å². The van der Waals surface area contributed by atoms with Gasteiger partial charge in [-0.15, -0.1) is 4.91 Å². The van der Waals surface area contributed by atoms with Crippen LogP contribution >= 0.6 is 11.6 Å². The second-order valence-corrected chi connectivity index (χ2v) is 2.85. The Kier molecular flexibility index (Phi) is 4.88. The third-order valence-corrected chi connectivity index (χ3v) is 1.71. The van der Waals surface area contributed by atoms with Crippen molar-refractivity contribution < 1.29 is 14.3 Å². The number of anilines is 1. The van der Waals surface area contributed by atoms with Gasteiger partial charge in [0.05, 0.1) is 18.6 Å². The van der Waals surface area contributed by atoms with E-state index in [1.165, 1.54) is 13.3 Å². The van der Waals surface area contributed by atoms with Crippen LogP contribution in [0, 0.1) is 4.91 Å². The molecule has 0 aliphatic rings. The molecule has 1 rings (SSSR count). The highest BCUT2D eigenvalue weighted by molar-refractivity contribution is 6.28. The Labute approximate surface area is 100 Å². The number of aromatic nitrogens is 2. The molecule has 0 saturated carbocycles. The first kappa shape index (κ1) is 12.9. The number of carbonyl (C=O) groups excluding carboxylic acids is 1. The van der Waals surface area contributed by atoms with Crippen LogP contribution in [-0.4, -0.2) is 29.9 Å². The largest absolute Gasteiger partial charge is 0.491 e. The maximum Gasteiger partial charge on any atom is 0.432 e. The molecule has 0 bridgehead atoms. The second-order valence-electron chi connectivity index (χ2n) is 2.51. The van der Waals surface area contributed by atoms with E-state index in [-0.39, 0.29) is 17.8 Å². The summed E-state index contributed by atoms with van der Waals surface area (Å²) in [6, 6.07) is 0. The highest BCUT2D eigenvalue weighted by atomic mass is 35.5. The molecule has 0 aliphatic carbocycles. The van der Waals surface area contributed by atoms with Crippen LogP contribution in [0.4, 0.5) is 10.6 Å². The maximum absolute atomic E-state index is 10.7. The molecule has 9 nitrogen and oxygen atoms in total. The molecule has 1 aromatic heterocycles. The number of hydrogen-bond donors (Lipinski definition) is 2. The molecule has 0 unspecified atom stereocenters. The van der Waals surface area contributed by atoms with E-state index in [4.69, 9.17) is 16.3 Å². The number of nitrogens with zero attached hydrogens (tertiary/aromatic N) is 3. The number of rotatable bonds is 5. The normalized spacial score (nSPS) is 9.29. The molecule has 1 heterocycles. The average Bonchev–Trinajstić information content (AvgIpc) is 2.30. The van der Waals surface area contributed by atoms with Gasteiger partial charge >= 0.3 is 6.09 Å². The predicted molar refractivity (Wildman–Crippen MR) is 57.5 cm³/mol. The van der Waals surface area contributed by atoms with E-state index in [0.717, 1.165) is 0 Å². The lowest BCUT2D eigenvalue weighted by atomic mass is 10.5. The van der Waals surface area contributed by atoms with Crippen LogP contribution in [0.25, 0.3) is 0 Å². The minimum Gasteiger partial charge on any atom is -0.491 e. The van der Waals surface area contributed by atoms with Gasteiger partial charge in [-0.1, -0.05) is 0 Å². The minimum atomic E-state index is -0.994. The number of halogens is 1. The number of nitrogens with one attached hydrogen (secondary N) is 2. The molecule has 1 aromatic rings. The number of hydrogen-bond acceptors (Lipinski definition) is 8. The molecule has 0 aromatic carbocycles. The Hall–Kier alpha value is -2.16. The highest BCUT2D eigenvalue weighted by Gasteiger charge is 2.07. The highest BCUT2D eigenvalue weighted by Crippen LogP contribution is 2.21. The minimum absolute atomic E-state index is 0.00677. The molecule has 0 aliphatic heterocycles. The number of nitroso groups, excluding NO2 is 1. The van der Waals surface area contributed by atoms with Crippen molar-refractivity contribution in [3.05, 3.63) is 16.4 Å². The van der Waals surface area contributed by atoms with Crippen LogP contribution in [-0.2, 0) is 4.74 Å². The SMILES string of the molecule is COc1cnc(Cl)nc1NCOC(=O)NN=O. The van der Waals surface area contributed by atoms with Gasteiger partial charge in [0.1, 0.15) is 0 Å². The van der Waals surface area contributed by atoms with E-state index in [1.54, 1.807) is 5.43 Å². The number of amides is 1. The van der Waals surface area contributed by atoms with Gasteiger partial charge < -0.3 is 14.8 Å². The van der Waals surface area contributed by atoms with E-state index in [2.05, 4.69) is 25.3 Å². The lowest BCUT2D eigenvalue weighted by Gasteiger charge is -2.09. The Morgan fingerprint density at radius 3 is 3.06 bits per heavy atom. The molecule has 0 spiro atoms. The van der Waals surface area contributed by atoms with Gasteiger partial charge in [-0.25, -0.2) is 9.78 Å². The molecule has 0 fully saturated rings. The fourth-order valence-electron chi connectivity index (χ4n) is 0.865. The van der Waals surface area contributed by atoms with E-state index in [0.29, 0.717) is 5.75 Å². The van der Waals surface area contributed by atoms with Crippen molar-refractivity contribution in [1.82, 2.24) is 15.4 Å². The van der Waals surface area contributed by atoms with Gasteiger partial charge in [0.25, 0.3) is 0 Å². The summed E-state index contributed by atoms with van der Waals surface area (Å²) in [5.74, 6) is 0.575. The number of ether oxygens (including phenoxy) is 2. The summed E-state index contributed by atoms with van der Waals surface area (Å²) in [5.41, 5.74) is 1.55. The summed E-state index contributed by atoms with van der Waals surface area (Å²) in [6.07, 6.45) is 0.358. The molecule has 1 amide bonds. The first-order chi connectivity index (χ1) is 8.17. The van der Waals surface area contributed by atoms with Crippen LogP contribution in [0.3, 0.4) is 0 Å². The summed E-state index contributed by atoms with van der Waals surface area (Å²) in [4.78, 5) is 27.9. The Balaban J connectivity index is 2.53. The van der Waals surface area contributed by atoms with Gasteiger partial charge in [0.15, 0.2) is 18.3 Å². The fourth-order valence-corrected chi connectivity index (χ4v) is 0.998. The first-order valence-electron chi connectivity index (χ1n) is 4.23. The fraction of sp³-hybridized carbons (Fsp3) is 0.286. The molecule has 10 heteroatoms. The molecule has 2 N–H and O–H groups in total. The van der Waals surface area contributed by atoms with Gasteiger partial charge in [-0.2, -0.15) is 10.4 Å². The van der Waals surface area contributed by atoms with Crippen molar-refractivity contribution in [3.63, 3.8) is 0 Å². The summed E-state index contributed by atoms with van der Waals surface area (Å²) in [5, 5.41) is 4.75. The predicted octanol–water partition coefficient (Wildman–Crippen LogP) is 0.916. The second kappa shape index (κ2) is 6.43. The van der Waals surface area contributed by atoms with Crippen molar-refractivity contribution in [1.29, 1.82) is 0 Å². The van der Waals surface area contributed by atoms with Crippen LogP contribution in [0.15, 0.2) is 11.5 Å². The van der Waals surface area contributed by atoms with Crippen LogP contribution < -0.4 is 15.5 Å². The van der Waals surface area contributed by atoms with Crippen molar-refractivity contribution >= 4 is 23.5 Å². The van der Waals surface area contributed by atoms with Crippen molar-refractivity contribution in [2.75, 3.05) is 19.2 Å². The quantitative estimate of drug-likeness (QED) is 0.350. The van der Waals surface area contributed by atoms with Crippen LogP contribution in [0.5, 0.6) is 5.75 Å².